The standard InChI is InChI=1S/C13H23N3O2S/c1-6-14-7-9(2)13-10(3)15-12(16-11(13)4)8-19(5,17)18/h9,14H,6-8H2,1-5H3. The highest BCUT2D eigenvalue weighted by Gasteiger charge is 2.16. The minimum absolute atomic E-state index is 0.101. The van der Waals surface area contributed by atoms with Gasteiger partial charge in [0.25, 0.3) is 0 Å². The predicted octanol–water partition coefficient (Wildman–Crippen LogP) is 1.35. The molecule has 1 unspecified atom stereocenters. The van der Waals surface area contributed by atoms with Crippen molar-refractivity contribution in [3.8, 4) is 0 Å². The highest BCUT2D eigenvalue weighted by molar-refractivity contribution is 7.89. The number of aromatic nitrogens is 2. The molecule has 1 atom stereocenters. The summed E-state index contributed by atoms with van der Waals surface area (Å²) in [7, 11) is -3.10. The molecule has 0 amide bonds. The normalized spacial score (nSPS) is 13.5. The Hall–Kier alpha value is -1.01. The number of aryl methyl sites for hydroxylation is 2. The van der Waals surface area contributed by atoms with Crippen molar-refractivity contribution in [3.63, 3.8) is 0 Å². The molecule has 1 N–H and O–H groups in total. The van der Waals surface area contributed by atoms with E-state index >= 15 is 0 Å². The van der Waals surface area contributed by atoms with Crippen molar-refractivity contribution in [2.75, 3.05) is 19.3 Å². The molecule has 0 radical (unpaired) electrons. The van der Waals surface area contributed by atoms with Gasteiger partial charge in [-0.1, -0.05) is 13.8 Å². The summed E-state index contributed by atoms with van der Waals surface area (Å²) in [5, 5.41) is 3.30. The fraction of sp³-hybridized carbons (Fsp3) is 0.692. The SMILES string of the molecule is CCNCC(C)c1c(C)nc(CS(C)(=O)=O)nc1C. The Morgan fingerprint density at radius 2 is 1.74 bits per heavy atom. The average Bonchev–Trinajstić information content (AvgIpc) is 2.22. The van der Waals surface area contributed by atoms with Crippen LogP contribution in [-0.4, -0.2) is 37.7 Å². The van der Waals surface area contributed by atoms with E-state index in [1.165, 1.54) is 6.26 Å². The van der Waals surface area contributed by atoms with Gasteiger partial charge in [0.2, 0.25) is 0 Å². The van der Waals surface area contributed by atoms with Gasteiger partial charge in [-0.2, -0.15) is 0 Å². The zero-order valence-electron chi connectivity index (χ0n) is 12.3. The second-order valence-electron chi connectivity index (χ2n) is 5.00. The smallest absolute Gasteiger partial charge is 0.154 e. The Kier molecular flexibility index (Phi) is 5.43. The van der Waals surface area contributed by atoms with Crippen molar-refractivity contribution in [2.24, 2.45) is 0 Å². The molecule has 108 valence electrons. The zero-order chi connectivity index (χ0) is 14.6. The summed E-state index contributed by atoms with van der Waals surface area (Å²) < 4.78 is 22.6. The molecule has 0 spiro atoms. The molecule has 1 heterocycles. The minimum Gasteiger partial charge on any atom is -0.316 e. The first-order valence-corrected chi connectivity index (χ1v) is 8.53. The van der Waals surface area contributed by atoms with Crippen molar-refractivity contribution in [2.45, 2.75) is 39.4 Å². The monoisotopic (exact) mass is 285 g/mol. The van der Waals surface area contributed by atoms with Gasteiger partial charge < -0.3 is 5.32 Å². The molecular weight excluding hydrogens is 262 g/mol. The number of rotatable bonds is 6. The lowest BCUT2D eigenvalue weighted by Gasteiger charge is -2.17. The molecule has 1 aromatic heterocycles. The van der Waals surface area contributed by atoms with E-state index in [2.05, 4.69) is 29.1 Å². The number of nitrogens with one attached hydrogen (secondary N) is 1. The Balaban J connectivity index is 3.03. The van der Waals surface area contributed by atoms with Gasteiger partial charge in [0.1, 0.15) is 11.6 Å². The summed E-state index contributed by atoms with van der Waals surface area (Å²) in [6, 6.07) is 0. The van der Waals surface area contributed by atoms with Gasteiger partial charge >= 0.3 is 0 Å². The maximum absolute atomic E-state index is 11.3. The summed E-state index contributed by atoms with van der Waals surface area (Å²) >= 11 is 0. The third kappa shape index (κ3) is 4.87. The molecule has 5 nitrogen and oxygen atoms in total. The van der Waals surface area contributed by atoms with Crippen LogP contribution in [0.15, 0.2) is 0 Å². The molecule has 19 heavy (non-hydrogen) atoms. The Morgan fingerprint density at radius 1 is 1.21 bits per heavy atom. The largest absolute Gasteiger partial charge is 0.316 e. The van der Waals surface area contributed by atoms with Crippen LogP contribution < -0.4 is 5.32 Å². The van der Waals surface area contributed by atoms with E-state index in [0.717, 1.165) is 30.0 Å². The molecule has 0 aliphatic rings. The lowest BCUT2D eigenvalue weighted by atomic mass is 9.98. The molecular formula is C13H23N3O2S. The summed E-state index contributed by atoms with van der Waals surface area (Å²) in [5.74, 6) is 0.598. The first-order chi connectivity index (χ1) is 8.74. The van der Waals surface area contributed by atoms with Crippen LogP contribution in [0, 0.1) is 13.8 Å². The molecule has 6 heteroatoms. The Morgan fingerprint density at radius 3 is 2.16 bits per heavy atom. The van der Waals surface area contributed by atoms with Crippen molar-refractivity contribution in [1.29, 1.82) is 0 Å². The molecule has 0 aliphatic carbocycles. The van der Waals surface area contributed by atoms with Gasteiger partial charge in [-0.15, -0.1) is 0 Å². The van der Waals surface area contributed by atoms with Gasteiger partial charge in [0.15, 0.2) is 9.84 Å². The molecule has 0 fully saturated rings. The average molecular weight is 285 g/mol. The number of likely N-dealkylation sites (N-methyl/N-ethyl adjacent to an activating group) is 1. The molecule has 1 aromatic rings. The number of hydrogen-bond acceptors (Lipinski definition) is 5. The highest BCUT2D eigenvalue weighted by atomic mass is 32.2. The summed E-state index contributed by atoms with van der Waals surface area (Å²) in [6.45, 7) is 9.81. The lowest BCUT2D eigenvalue weighted by Crippen LogP contribution is -2.21. The minimum atomic E-state index is -3.10. The van der Waals surface area contributed by atoms with Crippen LogP contribution in [0.25, 0.3) is 0 Å². The number of nitrogens with zero attached hydrogens (tertiary/aromatic N) is 2. The van der Waals surface area contributed by atoms with Crippen LogP contribution in [-0.2, 0) is 15.6 Å². The molecule has 0 aromatic carbocycles. The Labute approximate surface area is 115 Å². The van der Waals surface area contributed by atoms with Crippen molar-refractivity contribution >= 4 is 9.84 Å². The van der Waals surface area contributed by atoms with E-state index in [4.69, 9.17) is 0 Å². The second-order valence-corrected chi connectivity index (χ2v) is 7.14. The van der Waals surface area contributed by atoms with Crippen molar-refractivity contribution < 1.29 is 8.42 Å². The van der Waals surface area contributed by atoms with Crippen LogP contribution in [0.3, 0.4) is 0 Å². The van der Waals surface area contributed by atoms with Gasteiger partial charge in [0.05, 0.1) is 0 Å². The second kappa shape index (κ2) is 6.43. The topological polar surface area (TPSA) is 72.0 Å². The van der Waals surface area contributed by atoms with E-state index in [1.54, 1.807) is 0 Å². The maximum atomic E-state index is 11.3. The van der Waals surface area contributed by atoms with E-state index in [1.807, 2.05) is 13.8 Å². The Bertz CT molecular complexity index is 518. The summed E-state index contributed by atoms with van der Waals surface area (Å²) in [4.78, 5) is 8.66. The third-order valence-corrected chi connectivity index (χ3v) is 3.74. The quantitative estimate of drug-likeness (QED) is 0.854. The first-order valence-electron chi connectivity index (χ1n) is 6.47. The predicted molar refractivity (Wildman–Crippen MR) is 77.0 cm³/mol. The van der Waals surface area contributed by atoms with Crippen LogP contribution in [0.5, 0.6) is 0 Å². The van der Waals surface area contributed by atoms with E-state index in [0.29, 0.717) is 11.7 Å². The zero-order valence-corrected chi connectivity index (χ0v) is 13.1. The lowest BCUT2D eigenvalue weighted by molar-refractivity contribution is 0.598. The van der Waals surface area contributed by atoms with Gasteiger partial charge in [-0.3, -0.25) is 0 Å². The van der Waals surface area contributed by atoms with Gasteiger partial charge in [0, 0.05) is 24.2 Å². The summed E-state index contributed by atoms with van der Waals surface area (Å²) in [6.07, 6.45) is 1.20. The van der Waals surface area contributed by atoms with E-state index in [-0.39, 0.29) is 5.75 Å². The van der Waals surface area contributed by atoms with Gasteiger partial charge in [-0.05, 0) is 31.9 Å². The molecule has 0 bridgehead atoms. The van der Waals surface area contributed by atoms with Crippen LogP contribution >= 0.6 is 0 Å². The fourth-order valence-corrected chi connectivity index (χ4v) is 2.87. The summed E-state index contributed by atoms with van der Waals surface area (Å²) in [5.41, 5.74) is 2.85. The fourth-order valence-electron chi connectivity index (χ4n) is 2.27. The van der Waals surface area contributed by atoms with Crippen molar-refractivity contribution in [1.82, 2.24) is 15.3 Å². The molecule has 0 aliphatic heterocycles. The molecule has 1 rings (SSSR count). The maximum Gasteiger partial charge on any atom is 0.154 e. The third-order valence-electron chi connectivity index (χ3n) is 2.96. The highest BCUT2D eigenvalue weighted by Crippen LogP contribution is 2.21. The van der Waals surface area contributed by atoms with Crippen LogP contribution in [0.1, 0.15) is 42.5 Å². The van der Waals surface area contributed by atoms with Crippen LogP contribution in [0.4, 0.5) is 0 Å². The van der Waals surface area contributed by atoms with Gasteiger partial charge in [-0.25, -0.2) is 18.4 Å². The number of sulfone groups is 1. The van der Waals surface area contributed by atoms with Crippen molar-refractivity contribution in [3.05, 3.63) is 22.8 Å². The first kappa shape index (κ1) is 16.0. The van der Waals surface area contributed by atoms with Crippen LogP contribution in [0.2, 0.25) is 0 Å². The number of hydrogen-bond donors (Lipinski definition) is 1. The molecule has 0 saturated carbocycles. The molecule has 0 saturated heterocycles. The van der Waals surface area contributed by atoms with E-state index < -0.39 is 9.84 Å². The van der Waals surface area contributed by atoms with E-state index in [9.17, 15) is 8.42 Å².